The molecule has 19 heavy (non-hydrogen) atoms. The van der Waals surface area contributed by atoms with Crippen LogP contribution in [0.1, 0.15) is 39.5 Å². The summed E-state index contributed by atoms with van der Waals surface area (Å²) in [5.41, 5.74) is 5.77. The van der Waals surface area contributed by atoms with Crippen molar-refractivity contribution in [3.8, 4) is 0 Å². The molecule has 2 N–H and O–H groups in total. The summed E-state index contributed by atoms with van der Waals surface area (Å²) in [6, 6.07) is 0. The van der Waals surface area contributed by atoms with E-state index >= 15 is 0 Å². The SMILES string of the molecule is CC(C)CC(CN)CC(=O)N(C)CC1CCOCC1. The topological polar surface area (TPSA) is 55.6 Å². The molecule has 1 fully saturated rings. The third-order valence-corrected chi connectivity index (χ3v) is 3.90. The van der Waals surface area contributed by atoms with Crippen LogP contribution in [0.4, 0.5) is 0 Å². The summed E-state index contributed by atoms with van der Waals surface area (Å²) < 4.78 is 5.35. The first-order valence-electron chi connectivity index (χ1n) is 7.54. The lowest BCUT2D eigenvalue weighted by Crippen LogP contribution is -2.36. The summed E-state index contributed by atoms with van der Waals surface area (Å²) in [6.45, 7) is 7.50. The van der Waals surface area contributed by atoms with Gasteiger partial charge in [-0.15, -0.1) is 0 Å². The van der Waals surface area contributed by atoms with Crippen molar-refractivity contribution in [2.45, 2.75) is 39.5 Å². The fourth-order valence-electron chi connectivity index (χ4n) is 2.75. The smallest absolute Gasteiger partial charge is 0.222 e. The maximum Gasteiger partial charge on any atom is 0.222 e. The molecule has 0 bridgehead atoms. The minimum Gasteiger partial charge on any atom is -0.381 e. The number of nitrogens with zero attached hydrogens (tertiary/aromatic N) is 1. The highest BCUT2D eigenvalue weighted by Gasteiger charge is 2.21. The van der Waals surface area contributed by atoms with Gasteiger partial charge in [-0.3, -0.25) is 4.79 Å². The van der Waals surface area contributed by atoms with Crippen LogP contribution in [0.2, 0.25) is 0 Å². The molecule has 1 rings (SSSR count). The van der Waals surface area contributed by atoms with Crippen molar-refractivity contribution < 1.29 is 9.53 Å². The van der Waals surface area contributed by atoms with E-state index in [0.717, 1.165) is 39.0 Å². The first kappa shape index (κ1) is 16.4. The van der Waals surface area contributed by atoms with Crippen LogP contribution in [0.3, 0.4) is 0 Å². The van der Waals surface area contributed by atoms with Gasteiger partial charge in [0.25, 0.3) is 0 Å². The normalized spacial score (nSPS) is 18.6. The van der Waals surface area contributed by atoms with Gasteiger partial charge in [-0.2, -0.15) is 0 Å². The molecular weight excluding hydrogens is 240 g/mol. The standard InChI is InChI=1S/C15H30N2O2/c1-12(2)8-14(10-16)9-15(18)17(3)11-13-4-6-19-7-5-13/h12-14H,4-11,16H2,1-3H3. The highest BCUT2D eigenvalue weighted by molar-refractivity contribution is 5.76. The highest BCUT2D eigenvalue weighted by Crippen LogP contribution is 2.18. The minimum absolute atomic E-state index is 0.239. The zero-order valence-corrected chi connectivity index (χ0v) is 12.7. The molecule has 1 aliphatic rings. The first-order chi connectivity index (χ1) is 9.02. The van der Waals surface area contributed by atoms with Crippen molar-refractivity contribution in [1.29, 1.82) is 0 Å². The summed E-state index contributed by atoms with van der Waals surface area (Å²) in [6.07, 6.45) is 3.77. The molecule has 1 heterocycles. The zero-order chi connectivity index (χ0) is 14.3. The van der Waals surface area contributed by atoms with E-state index in [0.29, 0.717) is 30.7 Å². The van der Waals surface area contributed by atoms with Crippen LogP contribution < -0.4 is 5.73 Å². The quantitative estimate of drug-likeness (QED) is 0.768. The predicted molar refractivity (Wildman–Crippen MR) is 77.8 cm³/mol. The second-order valence-electron chi connectivity index (χ2n) is 6.27. The predicted octanol–water partition coefficient (Wildman–Crippen LogP) is 1.88. The Kier molecular flexibility index (Phi) is 7.39. The van der Waals surface area contributed by atoms with E-state index in [4.69, 9.17) is 10.5 Å². The molecular formula is C15H30N2O2. The summed E-state index contributed by atoms with van der Waals surface area (Å²) in [4.78, 5) is 14.1. The molecule has 0 aromatic heterocycles. The molecule has 1 atom stereocenters. The van der Waals surface area contributed by atoms with Gasteiger partial charge in [0.05, 0.1) is 0 Å². The van der Waals surface area contributed by atoms with Crippen molar-refractivity contribution in [3.05, 3.63) is 0 Å². The Labute approximate surface area is 117 Å². The van der Waals surface area contributed by atoms with Gasteiger partial charge in [0.2, 0.25) is 5.91 Å². The van der Waals surface area contributed by atoms with E-state index in [1.54, 1.807) is 0 Å². The molecule has 0 aromatic carbocycles. The van der Waals surface area contributed by atoms with E-state index in [-0.39, 0.29) is 5.91 Å². The molecule has 0 aromatic rings. The average molecular weight is 270 g/mol. The molecule has 1 amide bonds. The van der Waals surface area contributed by atoms with Gasteiger partial charge in [0, 0.05) is 33.2 Å². The van der Waals surface area contributed by atoms with E-state index in [1.165, 1.54) is 0 Å². The van der Waals surface area contributed by atoms with Gasteiger partial charge >= 0.3 is 0 Å². The number of amides is 1. The van der Waals surface area contributed by atoms with Crippen LogP contribution in [0.15, 0.2) is 0 Å². The van der Waals surface area contributed by atoms with E-state index in [1.807, 2.05) is 11.9 Å². The van der Waals surface area contributed by atoms with Crippen molar-refractivity contribution in [2.75, 3.05) is 33.4 Å². The van der Waals surface area contributed by atoms with Gasteiger partial charge < -0.3 is 15.4 Å². The Morgan fingerprint density at radius 2 is 2.00 bits per heavy atom. The van der Waals surface area contributed by atoms with Crippen LogP contribution in [-0.2, 0) is 9.53 Å². The number of carbonyl (C=O) groups excluding carboxylic acids is 1. The third-order valence-electron chi connectivity index (χ3n) is 3.90. The largest absolute Gasteiger partial charge is 0.381 e. The molecule has 0 aliphatic carbocycles. The summed E-state index contributed by atoms with van der Waals surface area (Å²) >= 11 is 0. The van der Waals surface area contributed by atoms with Gasteiger partial charge in [0.15, 0.2) is 0 Å². The number of rotatable bonds is 7. The molecule has 0 radical (unpaired) electrons. The maximum absolute atomic E-state index is 12.2. The number of nitrogens with two attached hydrogens (primary N) is 1. The van der Waals surface area contributed by atoms with Crippen LogP contribution in [0, 0.1) is 17.8 Å². The fourth-order valence-corrected chi connectivity index (χ4v) is 2.75. The van der Waals surface area contributed by atoms with Gasteiger partial charge in [-0.1, -0.05) is 13.8 Å². The van der Waals surface area contributed by atoms with Gasteiger partial charge in [-0.25, -0.2) is 0 Å². The van der Waals surface area contributed by atoms with Crippen LogP contribution >= 0.6 is 0 Å². The van der Waals surface area contributed by atoms with Crippen molar-refractivity contribution in [2.24, 2.45) is 23.5 Å². The second-order valence-corrected chi connectivity index (χ2v) is 6.27. The van der Waals surface area contributed by atoms with Gasteiger partial charge in [-0.05, 0) is 43.6 Å². The lowest BCUT2D eigenvalue weighted by molar-refractivity contribution is -0.132. The van der Waals surface area contributed by atoms with Crippen molar-refractivity contribution >= 4 is 5.91 Å². The number of hydrogen-bond acceptors (Lipinski definition) is 3. The molecule has 0 spiro atoms. The molecule has 4 nitrogen and oxygen atoms in total. The van der Waals surface area contributed by atoms with Gasteiger partial charge in [0.1, 0.15) is 0 Å². The van der Waals surface area contributed by atoms with Crippen LogP contribution in [-0.4, -0.2) is 44.2 Å². The van der Waals surface area contributed by atoms with Crippen molar-refractivity contribution in [3.63, 3.8) is 0 Å². The Bertz CT molecular complexity index is 263. The summed E-state index contributed by atoms with van der Waals surface area (Å²) in [5, 5.41) is 0. The second kappa shape index (κ2) is 8.54. The summed E-state index contributed by atoms with van der Waals surface area (Å²) in [5.74, 6) is 1.76. The third kappa shape index (κ3) is 6.39. The van der Waals surface area contributed by atoms with Crippen molar-refractivity contribution in [1.82, 2.24) is 4.90 Å². The molecule has 0 saturated carbocycles. The number of ether oxygens (including phenoxy) is 1. The Morgan fingerprint density at radius 1 is 1.37 bits per heavy atom. The number of hydrogen-bond donors (Lipinski definition) is 1. The lowest BCUT2D eigenvalue weighted by Gasteiger charge is -2.28. The zero-order valence-electron chi connectivity index (χ0n) is 12.7. The van der Waals surface area contributed by atoms with Crippen LogP contribution in [0.25, 0.3) is 0 Å². The fraction of sp³-hybridized carbons (Fsp3) is 0.933. The Hall–Kier alpha value is -0.610. The highest BCUT2D eigenvalue weighted by atomic mass is 16.5. The van der Waals surface area contributed by atoms with Crippen LogP contribution in [0.5, 0.6) is 0 Å². The monoisotopic (exact) mass is 270 g/mol. The minimum atomic E-state index is 0.239. The lowest BCUT2D eigenvalue weighted by atomic mass is 9.93. The van der Waals surface area contributed by atoms with E-state index in [9.17, 15) is 4.79 Å². The molecule has 1 unspecified atom stereocenters. The Balaban J connectivity index is 2.33. The average Bonchev–Trinajstić information content (AvgIpc) is 2.38. The first-order valence-corrected chi connectivity index (χ1v) is 7.54. The molecule has 4 heteroatoms. The summed E-state index contributed by atoms with van der Waals surface area (Å²) in [7, 11) is 1.92. The maximum atomic E-state index is 12.2. The molecule has 112 valence electrons. The molecule has 1 aliphatic heterocycles. The molecule has 1 saturated heterocycles. The number of carbonyl (C=O) groups is 1. The van der Waals surface area contributed by atoms with E-state index in [2.05, 4.69) is 13.8 Å². The van der Waals surface area contributed by atoms with E-state index < -0.39 is 0 Å². The Morgan fingerprint density at radius 3 is 2.53 bits per heavy atom.